The van der Waals surface area contributed by atoms with Gasteiger partial charge in [-0.15, -0.1) is 0 Å². The number of hydrogen-bond donors (Lipinski definition) is 0. The van der Waals surface area contributed by atoms with Crippen molar-refractivity contribution in [3.05, 3.63) is 23.3 Å². The Labute approximate surface area is 208 Å². The van der Waals surface area contributed by atoms with E-state index in [1.165, 1.54) is 51.4 Å². The maximum absolute atomic E-state index is 7.21. The fraction of sp³-hybridized carbons (Fsp3) is 0.846. The van der Waals surface area contributed by atoms with Gasteiger partial charge in [0.15, 0.2) is 16.6 Å². The molecule has 4 aliphatic rings. The molecule has 0 heterocycles. The maximum Gasteiger partial charge on any atom is 0.312 e. The first-order valence-corrected chi connectivity index (χ1v) is 25.1. The highest BCUT2D eigenvalue weighted by atomic mass is 28.5. The van der Waals surface area contributed by atoms with E-state index in [0.717, 1.165) is 11.8 Å². The Balaban J connectivity index is 1.48. The molecule has 4 unspecified atom stereocenters. The Morgan fingerprint density at radius 1 is 0.667 bits per heavy atom. The molecule has 4 aliphatic carbocycles. The van der Waals surface area contributed by atoms with E-state index in [1.54, 1.807) is 11.1 Å². The van der Waals surface area contributed by atoms with E-state index in [0.29, 0.717) is 10.1 Å². The van der Waals surface area contributed by atoms with Crippen LogP contribution in [0.15, 0.2) is 23.3 Å². The third kappa shape index (κ3) is 4.36. The van der Waals surface area contributed by atoms with Gasteiger partial charge in [0.2, 0.25) is 0 Å². The number of fused-ring (bicyclic) bond motifs is 4. The van der Waals surface area contributed by atoms with Gasteiger partial charge in [-0.3, -0.25) is 0 Å². The Morgan fingerprint density at radius 3 is 1.33 bits per heavy atom. The Hall–Kier alpha value is 0.228. The zero-order valence-electron chi connectivity index (χ0n) is 23.2. The van der Waals surface area contributed by atoms with E-state index >= 15 is 0 Å². The second-order valence-corrected chi connectivity index (χ2v) is 29.4. The predicted octanol–water partition coefficient (Wildman–Crippen LogP) is 8.63. The van der Waals surface area contributed by atoms with Crippen LogP contribution in [-0.4, -0.2) is 33.8 Å². The first-order chi connectivity index (χ1) is 15.1. The summed E-state index contributed by atoms with van der Waals surface area (Å²) >= 11 is 0. The lowest BCUT2D eigenvalue weighted by Gasteiger charge is -2.50. The average Bonchev–Trinajstić information content (AvgIpc) is 3.43. The van der Waals surface area contributed by atoms with Gasteiger partial charge in [0, 0.05) is 10.1 Å². The molecule has 0 N–H and O–H groups in total. The van der Waals surface area contributed by atoms with E-state index in [-0.39, 0.29) is 0 Å². The molecular weight excluding hydrogens is 473 g/mol. The molecule has 0 aromatic carbocycles. The minimum Gasteiger partial charge on any atom is -0.436 e. The van der Waals surface area contributed by atoms with Gasteiger partial charge in [0.05, 0.1) is 0 Å². The summed E-state index contributed by atoms with van der Waals surface area (Å²) < 4.78 is 21.5. The molecule has 2 fully saturated rings. The molecule has 0 amide bonds. The van der Waals surface area contributed by atoms with Crippen molar-refractivity contribution in [3.63, 3.8) is 0 Å². The van der Waals surface area contributed by atoms with Crippen LogP contribution in [0, 0.1) is 11.8 Å². The minimum absolute atomic E-state index is 0.336. The van der Waals surface area contributed by atoms with Crippen LogP contribution in [0.4, 0.5) is 0 Å². The smallest absolute Gasteiger partial charge is 0.312 e. The van der Waals surface area contributed by atoms with Crippen LogP contribution in [0.1, 0.15) is 65.2 Å². The van der Waals surface area contributed by atoms with Gasteiger partial charge in [0.25, 0.3) is 0 Å². The summed E-state index contributed by atoms with van der Waals surface area (Å²) in [5, 5.41) is 0.673. The van der Waals surface area contributed by atoms with E-state index in [1.807, 2.05) is 0 Å². The lowest BCUT2D eigenvalue weighted by molar-refractivity contribution is 0.312. The van der Waals surface area contributed by atoms with Crippen molar-refractivity contribution in [2.45, 2.75) is 128 Å². The third-order valence-corrected chi connectivity index (χ3v) is 27.9. The Morgan fingerprint density at radius 2 is 1.03 bits per heavy atom. The summed E-state index contributed by atoms with van der Waals surface area (Å²) in [5.74, 6) is 1.59. The monoisotopic (exact) mass is 522 g/mol. The zero-order valence-corrected chi connectivity index (χ0v) is 27.2. The summed E-state index contributed by atoms with van der Waals surface area (Å²) in [6.45, 7) is 23.7. The third-order valence-electron chi connectivity index (χ3n) is 9.77. The van der Waals surface area contributed by atoms with Crippen LogP contribution in [0.25, 0.3) is 0 Å². The van der Waals surface area contributed by atoms with Gasteiger partial charge in [0.1, 0.15) is 0 Å². The highest BCUT2D eigenvalue weighted by Crippen LogP contribution is 2.67. The van der Waals surface area contributed by atoms with Crippen LogP contribution in [0.5, 0.6) is 0 Å². The van der Waals surface area contributed by atoms with Crippen molar-refractivity contribution in [1.82, 2.24) is 0 Å². The molecule has 0 saturated heterocycles. The quantitative estimate of drug-likeness (QED) is 0.212. The van der Waals surface area contributed by atoms with Crippen LogP contribution in [-0.2, 0) is 12.3 Å². The average molecular weight is 523 g/mol. The Bertz CT molecular complexity index is 778. The largest absolute Gasteiger partial charge is 0.436 e. The van der Waals surface area contributed by atoms with Crippen molar-refractivity contribution >= 4 is 33.8 Å². The fourth-order valence-corrected chi connectivity index (χ4v) is 31.0. The molecule has 33 heavy (non-hydrogen) atoms. The molecule has 3 nitrogen and oxygen atoms in total. The van der Waals surface area contributed by atoms with Crippen LogP contribution in [0.3, 0.4) is 0 Å². The maximum atomic E-state index is 7.21. The second-order valence-electron chi connectivity index (χ2n) is 13.4. The van der Waals surface area contributed by atoms with E-state index in [9.17, 15) is 0 Å². The molecule has 4 rings (SSSR count). The van der Waals surface area contributed by atoms with Gasteiger partial charge in [-0.1, -0.05) is 37.1 Å². The molecule has 4 atom stereocenters. The fourth-order valence-electron chi connectivity index (χ4n) is 8.76. The summed E-state index contributed by atoms with van der Waals surface area (Å²) in [6, 6.07) is 0. The molecule has 2 saturated carbocycles. The normalized spacial score (nSPS) is 34.2. The zero-order chi connectivity index (χ0) is 24.5. The number of rotatable bonds is 10. The van der Waals surface area contributed by atoms with Crippen LogP contribution < -0.4 is 0 Å². The van der Waals surface area contributed by atoms with E-state index in [2.05, 4.69) is 78.4 Å². The topological polar surface area (TPSA) is 27.7 Å². The van der Waals surface area contributed by atoms with Crippen molar-refractivity contribution in [3.8, 4) is 0 Å². The highest BCUT2D eigenvalue weighted by Gasteiger charge is 2.61. The first kappa shape index (κ1) is 26.3. The van der Waals surface area contributed by atoms with Gasteiger partial charge >= 0.3 is 17.1 Å². The SMILES string of the molecule is CCC1=CC2CCC1([Si](C)(C)O[Si](C)(C)O[Si](C)(C)O[Si](C)(C)C13CCC(C=C1CC)C3)C2. The van der Waals surface area contributed by atoms with Crippen LogP contribution in [0.2, 0.25) is 62.5 Å². The predicted molar refractivity (Wildman–Crippen MR) is 150 cm³/mol. The summed E-state index contributed by atoms with van der Waals surface area (Å²) in [5.41, 5.74) is 3.38. The number of hydrogen-bond acceptors (Lipinski definition) is 3. The van der Waals surface area contributed by atoms with E-state index in [4.69, 9.17) is 12.3 Å². The summed E-state index contributed by atoms with van der Waals surface area (Å²) in [6.07, 6.45) is 15.6. The molecule has 0 radical (unpaired) electrons. The number of allylic oxidation sites excluding steroid dienone is 4. The standard InChI is InChI=1S/C26H50O3Si4/c1-11-23-17-21-13-15-25(23,19-21)30(3,4)27-32(7,8)29-33(9,10)28-31(5,6)26-16-14-22(20-26)18-24(26)12-2/h17-18,21-22H,11-16,19-20H2,1-10H3. The second kappa shape index (κ2) is 8.38. The molecule has 4 bridgehead atoms. The summed E-state index contributed by atoms with van der Waals surface area (Å²) in [7, 11) is -8.63. The lowest BCUT2D eigenvalue weighted by atomic mass is 9.95. The van der Waals surface area contributed by atoms with Gasteiger partial charge in [-0.25, -0.2) is 0 Å². The molecule has 188 valence electrons. The van der Waals surface area contributed by atoms with Crippen molar-refractivity contribution in [1.29, 1.82) is 0 Å². The van der Waals surface area contributed by atoms with E-state index < -0.39 is 33.8 Å². The molecule has 0 aromatic heterocycles. The Kier molecular flexibility index (Phi) is 6.68. The summed E-state index contributed by atoms with van der Waals surface area (Å²) in [4.78, 5) is 0. The minimum atomic E-state index is -2.34. The molecule has 7 heteroatoms. The first-order valence-electron chi connectivity index (χ1n) is 13.6. The highest BCUT2D eigenvalue weighted by molar-refractivity contribution is 6.91. The lowest BCUT2D eigenvalue weighted by Crippen LogP contribution is -2.60. The van der Waals surface area contributed by atoms with Crippen molar-refractivity contribution in [2.75, 3.05) is 0 Å². The molecule has 0 aromatic rings. The van der Waals surface area contributed by atoms with Crippen molar-refractivity contribution in [2.24, 2.45) is 11.8 Å². The molecule has 0 spiro atoms. The molecular formula is C26H50O3Si4. The van der Waals surface area contributed by atoms with Crippen LogP contribution >= 0.6 is 0 Å². The molecule has 0 aliphatic heterocycles. The van der Waals surface area contributed by atoms with Gasteiger partial charge < -0.3 is 12.3 Å². The van der Waals surface area contributed by atoms with Gasteiger partial charge in [-0.2, -0.15) is 0 Å². The van der Waals surface area contributed by atoms with Crippen molar-refractivity contribution < 1.29 is 12.3 Å². The van der Waals surface area contributed by atoms with Gasteiger partial charge in [-0.05, 0) is 116 Å².